The summed E-state index contributed by atoms with van der Waals surface area (Å²) >= 11 is 1.48. The third-order valence-electron chi connectivity index (χ3n) is 12.3. The molecule has 2 saturated carbocycles. The summed E-state index contributed by atoms with van der Waals surface area (Å²) in [4.78, 5) is 54.7. The molecule has 5 atom stereocenters. The number of fused-ring (bicyclic) bond motifs is 3. The zero-order valence-corrected chi connectivity index (χ0v) is 35.8. The van der Waals surface area contributed by atoms with Crippen LogP contribution in [0.15, 0.2) is 66.1 Å². The van der Waals surface area contributed by atoms with Crippen LogP contribution in [0.3, 0.4) is 0 Å². The maximum absolute atomic E-state index is 14.8. The Kier molecular flexibility index (Phi) is 11.4. The predicted octanol–water partition coefficient (Wildman–Crippen LogP) is 6.85. The number of allylic oxidation sites excluding steroid dienone is 1. The third kappa shape index (κ3) is 8.45. The Morgan fingerprint density at radius 2 is 1.90 bits per heavy atom. The maximum Gasteiger partial charge on any atom is 0.259 e. The van der Waals surface area contributed by atoms with Crippen molar-refractivity contribution in [1.29, 1.82) is 0 Å². The number of nitrogens with one attached hydrogen (secondary N) is 3. The number of sulfonamides is 1. The molecule has 4 aromatic rings. The maximum atomic E-state index is 14.8. The van der Waals surface area contributed by atoms with E-state index >= 15 is 0 Å². The van der Waals surface area contributed by atoms with E-state index in [0.29, 0.717) is 65.5 Å². The number of anilines is 1. The van der Waals surface area contributed by atoms with Gasteiger partial charge in [0, 0.05) is 28.8 Å². The molecule has 1 saturated heterocycles. The molecule has 60 heavy (non-hydrogen) atoms. The van der Waals surface area contributed by atoms with E-state index in [0.717, 1.165) is 23.9 Å². The quantitative estimate of drug-likeness (QED) is 0.144. The van der Waals surface area contributed by atoms with Gasteiger partial charge in [0.05, 0.1) is 24.1 Å². The van der Waals surface area contributed by atoms with Crippen molar-refractivity contribution in [2.45, 2.75) is 113 Å². The number of carbonyl (C=O) groups is 3. The number of carbonyl (C=O) groups excluding carboxylic acids is 3. The van der Waals surface area contributed by atoms with Crippen molar-refractivity contribution in [1.82, 2.24) is 24.9 Å². The number of rotatable bonds is 10. The number of methoxy groups -OCH3 is 1. The summed E-state index contributed by atoms with van der Waals surface area (Å²) in [6.07, 6.45) is 7.70. The Bertz CT molecular complexity index is 2450. The SMILES string of the molecule is COc1ccc2c(OC3CC4C(=O)NC5(C(=O)NS(=O)(=O)C6(C)CC6)CC5C=CCCCCCC(Nc5cccc(F)c5)C(=O)N4C3)nc(-c3nc(C(C)C)cs3)cc2c1. The first-order valence-corrected chi connectivity index (χ1v) is 23.0. The van der Waals surface area contributed by atoms with Gasteiger partial charge in [0.1, 0.15) is 46.0 Å². The Hall–Kier alpha value is -5.09. The molecule has 2 aromatic carbocycles. The highest BCUT2D eigenvalue weighted by molar-refractivity contribution is 7.91. The van der Waals surface area contributed by atoms with Crippen LogP contribution in [0, 0.1) is 11.7 Å². The van der Waals surface area contributed by atoms with Crippen molar-refractivity contribution >= 4 is 55.5 Å². The van der Waals surface area contributed by atoms with E-state index in [1.807, 2.05) is 41.8 Å². The lowest BCUT2D eigenvalue weighted by atomic mass is 10.0. The molecule has 16 heteroatoms. The molecule has 2 aromatic heterocycles. The van der Waals surface area contributed by atoms with Crippen LogP contribution < -0.4 is 24.8 Å². The van der Waals surface area contributed by atoms with E-state index in [4.69, 9.17) is 19.4 Å². The van der Waals surface area contributed by atoms with Crippen molar-refractivity contribution < 1.29 is 36.7 Å². The largest absolute Gasteiger partial charge is 0.497 e. The molecule has 0 spiro atoms. The van der Waals surface area contributed by atoms with Crippen molar-refractivity contribution in [2.75, 3.05) is 19.0 Å². The number of hydrogen-bond acceptors (Lipinski definition) is 11. The van der Waals surface area contributed by atoms with Gasteiger partial charge in [0.15, 0.2) is 0 Å². The summed E-state index contributed by atoms with van der Waals surface area (Å²) < 4.78 is 54.4. The Morgan fingerprint density at radius 1 is 1.08 bits per heavy atom. The number of amides is 3. The first-order valence-electron chi connectivity index (χ1n) is 20.7. The number of ether oxygens (including phenoxy) is 2. The van der Waals surface area contributed by atoms with Crippen LogP contribution in [0.5, 0.6) is 11.6 Å². The lowest BCUT2D eigenvalue weighted by Crippen LogP contribution is -2.58. The van der Waals surface area contributed by atoms with E-state index in [1.165, 1.54) is 28.4 Å². The van der Waals surface area contributed by atoms with Gasteiger partial charge >= 0.3 is 0 Å². The minimum atomic E-state index is -4.00. The second-order valence-electron chi connectivity index (χ2n) is 17.0. The van der Waals surface area contributed by atoms with Crippen molar-refractivity contribution in [3.8, 4) is 22.3 Å². The number of thiazole rings is 1. The van der Waals surface area contributed by atoms with E-state index in [2.05, 4.69) is 29.2 Å². The van der Waals surface area contributed by atoms with Crippen molar-refractivity contribution in [3.63, 3.8) is 0 Å². The number of hydrogen-bond donors (Lipinski definition) is 3. The van der Waals surface area contributed by atoms with Gasteiger partial charge in [0.2, 0.25) is 27.7 Å². The highest BCUT2D eigenvalue weighted by Crippen LogP contribution is 2.48. The number of nitrogens with zero attached hydrogens (tertiary/aromatic N) is 3. The fraction of sp³-hybridized carbons (Fsp3) is 0.477. The first kappa shape index (κ1) is 41.6. The van der Waals surface area contributed by atoms with Gasteiger partial charge in [-0.05, 0) is 99.2 Å². The second kappa shape index (κ2) is 16.4. The fourth-order valence-electron chi connectivity index (χ4n) is 8.08. The van der Waals surface area contributed by atoms with Gasteiger partial charge < -0.3 is 25.0 Å². The lowest BCUT2D eigenvalue weighted by Gasteiger charge is -2.30. The number of pyridine rings is 1. The molecule has 4 heterocycles. The molecule has 318 valence electrons. The van der Waals surface area contributed by atoms with Gasteiger partial charge in [0.25, 0.3) is 5.91 Å². The smallest absolute Gasteiger partial charge is 0.259 e. The molecule has 3 fully saturated rings. The normalized spacial score (nSPS) is 25.4. The van der Waals surface area contributed by atoms with Gasteiger partial charge in [-0.3, -0.25) is 19.1 Å². The molecule has 0 bridgehead atoms. The molecule has 5 unspecified atom stereocenters. The van der Waals surface area contributed by atoms with Crippen LogP contribution in [0.1, 0.15) is 90.2 Å². The van der Waals surface area contributed by atoms with Crippen LogP contribution in [-0.4, -0.2) is 83.1 Å². The van der Waals surface area contributed by atoms with E-state index in [1.54, 1.807) is 26.2 Å². The van der Waals surface area contributed by atoms with Crippen LogP contribution >= 0.6 is 11.3 Å². The topological polar surface area (TPSA) is 169 Å². The number of halogens is 1. The van der Waals surface area contributed by atoms with E-state index in [-0.39, 0.29) is 31.2 Å². The van der Waals surface area contributed by atoms with Crippen LogP contribution in [-0.2, 0) is 24.4 Å². The Balaban J connectivity index is 1.14. The highest BCUT2D eigenvalue weighted by atomic mass is 32.2. The Morgan fingerprint density at radius 3 is 2.63 bits per heavy atom. The first-order chi connectivity index (χ1) is 28.7. The van der Waals surface area contributed by atoms with Gasteiger partial charge in [-0.2, -0.15) is 0 Å². The van der Waals surface area contributed by atoms with Crippen LogP contribution in [0.25, 0.3) is 21.5 Å². The average Bonchev–Trinajstić information content (AvgIpc) is 3.99. The van der Waals surface area contributed by atoms with Gasteiger partial charge in [-0.15, -0.1) is 11.3 Å². The molecule has 2 aliphatic carbocycles. The molecule has 8 rings (SSSR count). The van der Waals surface area contributed by atoms with Crippen LogP contribution in [0.2, 0.25) is 0 Å². The monoisotopic (exact) mass is 858 g/mol. The number of aromatic nitrogens is 2. The standard InChI is InChI=1S/C44H51FN6O7S2/c1-26(2)36-25-59-40(48-36)35-20-27-19-31(57-4)15-16-33(27)39(47-35)58-32-22-37-38(52)49-44(42(54)50-60(55,56)43(3)17-18-43)23-28(44)11-8-6-5-7-9-14-34(41(53)51(37)24-32)46-30-13-10-12-29(45)21-30/h8,10-13,15-16,19-21,25-26,28,32,34,37,46H,5-7,9,14,17-18,22-24H2,1-4H3,(H,49,52)(H,50,54). The fourth-order valence-corrected chi connectivity index (χ4v) is 10.3. The third-order valence-corrected chi connectivity index (χ3v) is 15.3. The molecule has 3 amide bonds. The summed E-state index contributed by atoms with van der Waals surface area (Å²) in [6, 6.07) is 11.5. The summed E-state index contributed by atoms with van der Waals surface area (Å²) in [5.41, 5.74) is 0.442. The molecule has 13 nitrogen and oxygen atoms in total. The van der Waals surface area contributed by atoms with Gasteiger partial charge in [-0.1, -0.05) is 44.9 Å². The molecule has 3 N–H and O–H groups in total. The zero-order valence-electron chi connectivity index (χ0n) is 34.2. The minimum Gasteiger partial charge on any atom is -0.497 e. The highest BCUT2D eigenvalue weighted by Gasteiger charge is 2.63. The summed E-state index contributed by atoms with van der Waals surface area (Å²) in [7, 11) is -2.41. The second-order valence-corrected chi connectivity index (χ2v) is 20.1. The Labute approximate surface area is 353 Å². The average molecular weight is 859 g/mol. The summed E-state index contributed by atoms with van der Waals surface area (Å²) in [5.74, 6) is -1.51. The molecule has 2 aliphatic heterocycles. The minimum absolute atomic E-state index is 0.00577. The van der Waals surface area contributed by atoms with Crippen molar-refractivity contribution in [2.24, 2.45) is 5.92 Å². The molecule has 0 radical (unpaired) electrons. The summed E-state index contributed by atoms with van der Waals surface area (Å²) in [5, 5.41) is 10.4. The lowest BCUT2D eigenvalue weighted by molar-refractivity contribution is -0.140. The summed E-state index contributed by atoms with van der Waals surface area (Å²) in [6.45, 7) is 5.75. The van der Waals surface area contributed by atoms with Crippen molar-refractivity contribution in [3.05, 3.63) is 77.6 Å². The molecular formula is C44H51FN6O7S2. The molecule has 4 aliphatic rings. The van der Waals surface area contributed by atoms with E-state index in [9.17, 15) is 27.2 Å². The number of benzene rings is 2. The van der Waals surface area contributed by atoms with E-state index < -0.39 is 62.0 Å². The zero-order chi connectivity index (χ0) is 42.4. The van der Waals surface area contributed by atoms with Gasteiger partial charge in [-0.25, -0.2) is 22.8 Å². The molecular weight excluding hydrogens is 808 g/mol. The predicted molar refractivity (Wildman–Crippen MR) is 228 cm³/mol. The van der Waals surface area contributed by atoms with Crippen LogP contribution in [0.4, 0.5) is 10.1 Å².